The van der Waals surface area contributed by atoms with Crippen LogP contribution in [-0.2, 0) is 32.4 Å². The van der Waals surface area contributed by atoms with Crippen LogP contribution in [0.5, 0.6) is 17.2 Å². The van der Waals surface area contributed by atoms with Crippen LogP contribution in [0.4, 0.5) is 5.13 Å². The molecule has 0 bridgehead atoms. The van der Waals surface area contributed by atoms with Gasteiger partial charge in [0.15, 0.2) is 40.5 Å². The van der Waals surface area contributed by atoms with E-state index in [9.17, 15) is 39.6 Å². The van der Waals surface area contributed by atoms with E-state index < -0.39 is 52.9 Å². The number of aromatic hydroxyl groups is 3. The number of H-pyrrole nitrogens is 1. The molecule has 0 aliphatic carbocycles. The number of aliphatic carboxylic acids is 1. The molecule has 0 saturated carbocycles. The first-order valence-electron chi connectivity index (χ1n) is 13.2. The van der Waals surface area contributed by atoms with Gasteiger partial charge in [-0.1, -0.05) is 5.16 Å². The fraction of sp³-hybridized carbons (Fsp3) is 0.200. The minimum atomic E-state index is -1.38. The molecule has 0 spiro atoms. The number of benzene rings is 1. The number of carbonyl (C=O) groups is 3. The Morgan fingerprint density at radius 1 is 1.21 bits per heavy atom. The van der Waals surface area contributed by atoms with Crippen molar-refractivity contribution in [2.75, 3.05) is 11.5 Å². The molecule has 2 aliphatic rings. The smallest absolute Gasteiger partial charge is 1.00 e. The summed E-state index contributed by atoms with van der Waals surface area (Å²) < 4.78 is 1.29. The Hall–Kier alpha value is -5.03. The van der Waals surface area contributed by atoms with Crippen LogP contribution in [0.1, 0.15) is 12.9 Å². The van der Waals surface area contributed by atoms with Crippen LogP contribution in [0, 0.1) is 0 Å². The van der Waals surface area contributed by atoms with Crippen molar-refractivity contribution in [2.24, 2.45) is 5.16 Å². The standard InChI is InChI=1S/C25H21N11O9S2.Na.H/c26-25-28-11(8-47-25)16(32-45-6-15-27-4-14(39)20(40)29-15)21(41)30-17-22(42)36-18(24(43)44)10(7-46-23(17)36)5-35-19(31-33-34-35)9-1-2-12(37)13(38)3-9;;/h1-4,8,17,23,37-39H,5-7H2,(H2,26,28)(H,30,41)(H,43,44)(H,27,29,40);;/q;+1;-1/b32-16-;;/t17-,23-;;/m1../s1. The number of phenols is 2. The van der Waals surface area contributed by atoms with Gasteiger partial charge in [-0.2, -0.15) is 0 Å². The first kappa shape index (κ1) is 34.3. The predicted octanol–water partition coefficient (Wildman–Crippen LogP) is -3.94. The van der Waals surface area contributed by atoms with Gasteiger partial charge in [-0.3, -0.25) is 19.3 Å². The number of thiazole rings is 1. The molecule has 0 unspecified atom stereocenters. The number of rotatable bonds is 10. The Labute approximate surface area is 299 Å². The SMILES string of the molecule is Nc1nc(/C(=N/OCc2ncc(O)c(=O)[nH]2)C(=O)N[C@@H]2C(=O)N3C(C(=O)O)=C(Cn4nnnc4-c4ccc(O)c(O)c4)CS[C@H]23)cs1.[H-].[Na+]. The quantitative estimate of drug-likeness (QED) is 0.0272. The van der Waals surface area contributed by atoms with Crippen LogP contribution >= 0.6 is 23.1 Å². The number of nitrogens with two attached hydrogens (primary N) is 1. The second kappa shape index (κ2) is 14.0. The number of carbonyl (C=O) groups excluding carboxylic acids is 2. The zero-order chi connectivity index (χ0) is 33.4. The number of amides is 2. The van der Waals surface area contributed by atoms with Gasteiger partial charge in [0.1, 0.15) is 28.6 Å². The average molecular weight is 708 g/mol. The number of aromatic amines is 1. The summed E-state index contributed by atoms with van der Waals surface area (Å²) in [7, 11) is 0. The molecule has 5 heterocycles. The number of anilines is 1. The van der Waals surface area contributed by atoms with Gasteiger partial charge in [0.2, 0.25) is 0 Å². The Balaban J connectivity index is 0.00000270. The van der Waals surface area contributed by atoms with Crippen LogP contribution < -0.4 is 46.2 Å². The molecular weight excluding hydrogens is 685 g/mol. The first-order chi connectivity index (χ1) is 22.5. The van der Waals surface area contributed by atoms with Gasteiger partial charge < -0.3 is 42.7 Å². The summed E-state index contributed by atoms with van der Waals surface area (Å²) in [5, 5.41) is 57.6. The van der Waals surface area contributed by atoms with E-state index in [-0.39, 0.29) is 82.9 Å². The van der Waals surface area contributed by atoms with Crippen molar-refractivity contribution in [3.63, 3.8) is 0 Å². The van der Waals surface area contributed by atoms with Crippen molar-refractivity contribution < 1.29 is 70.6 Å². The molecule has 4 aromatic rings. The number of fused-ring (bicyclic) bond motifs is 1. The molecule has 2 aliphatic heterocycles. The molecule has 1 saturated heterocycles. The summed E-state index contributed by atoms with van der Waals surface area (Å²) in [4.78, 5) is 67.0. The van der Waals surface area contributed by atoms with Crippen LogP contribution in [0.2, 0.25) is 0 Å². The molecule has 3 aromatic heterocycles. The van der Waals surface area contributed by atoms with Crippen LogP contribution in [0.3, 0.4) is 0 Å². The zero-order valence-corrected chi connectivity index (χ0v) is 28.1. The zero-order valence-electron chi connectivity index (χ0n) is 25.5. The van der Waals surface area contributed by atoms with Crippen molar-refractivity contribution in [3.05, 3.63) is 62.9 Å². The van der Waals surface area contributed by atoms with E-state index in [1.165, 1.54) is 40.0 Å². The van der Waals surface area contributed by atoms with E-state index in [4.69, 9.17) is 10.6 Å². The van der Waals surface area contributed by atoms with Crippen LogP contribution in [-0.4, -0.2) is 101 Å². The molecular formula is C25H22N11NaO9S2. The number of hydrogen-bond donors (Lipinski definition) is 7. The predicted molar refractivity (Wildman–Crippen MR) is 162 cm³/mol. The topological polar surface area (TPSA) is 297 Å². The minimum Gasteiger partial charge on any atom is -1.00 e. The summed E-state index contributed by atoms with van der Waals surface area (Å²) in [5.74, 6) is -3.99. The maximum absolute atomic E-state index is 13.4. The van der Waals surface area contributed by atoms with Gasteiger partial charge in [-0.05, 0) is 34.2 Å². The third-order valence-corrected chi connectivity index (χ3v) is 8.83. The molecule has 48 heavy (non-hydrogen) atoms. The number of hydrogen-bond acceptors (Lipinski definition) is 17. The number of tetrazole rings is 1. The van der Waals surface area contributed by atoms with E-state index >= 15 is 0 Å². The number of thioether (sulfide) groups is 1. The second-order valence-corrected chi connectivity index (χ2v) is 11.8. The van der Waals surface area contributed by atoms with Gasteiger partial charge in [0.25, 0.3) is 17.4 Å². The Morgan fingerprint density at radius 3 is 2.69 bits per heavy atom. The third-order valence-electron chi connectivity index (χ3n) is 6.81. The van der Waals surface area contributed by atoms with Gasteiger partial charge in [0, 0.05) is 16.7 Å². The van der Waals surface area contributed by atoms with E-state index in [0.29, 0.717) is 11.1 Å². The largest absolute Gasteiger partial charge is 1.00 e. The number of carboxylic acid groups (broad SMARTS) is 1. The van der Waals surface area contributed by atoms with Crippen LogP contribution in [0.15, 0.2) is 51.0 Å². The van der Waals surface area contributed by atoms with Crippen molar-refractivity contribution in [3.8, 4) is 28.6 Å². The van der Waals surface area contributed by atoms with Crippen molar-refractivity contribution in [2.45, 2.75) is 24.6 Å². The first-order valence-corrected chi connectivity index (χ1v) is 15.1. The van der Waals surface area contributed by atoms with Gasteiger partial charge >= 0.3 is 35.5 Å². The summed E-state index contributed by atoms with van der Waals surface area (Å²) in [6.45, 7) is -0.514. The molecule has 1 aromatic carbocycles. The molecule has 2 amide bonds. The fourth-order valence-corrected chi connectivity index (χ4v) is 6.52. The van der Waals surface area contributed by atoms with E-state index in [0.717, 1.165) is 22.4 Å². The number of nitrogen functional groups attached to an aromatic ring is 1. The van der Waals surface area contributed by atoms with E-state index in [1.54, 1.807) is 0 Å². The third kappa shape index (κ3) is 6.68. The monoisotopic (exact) mass is 707 g/mol. The molecule has 2 atom stereocenters. The number of nitrogens with one attached hydrogen (secondary N) is 2. The number of oxime groups is 1. The summed E-state index contributed by atoms with van der Waals surface area (Å²) in [6, 6.07) is 2.83. The molecule has 8 N–H and O–H groups in total. The van der Waals surface area contributed by atoms with E-state index in [2.05, 4.69) is 40.9 Å². The molecule has 244 valence electrons. The maximum Gasteiger partial charge on any atom is 1.00 e. The van der Waals surface area contributed by atoms with Crippen molar-refractivity contribution >= 4 is 51.7 Å². The molecule has 20 nitrogen and oxygen atoms in total. The number of nitrogens with zero attached hydrogens (tertiary/aromatic N) is 8. The van der Waals surface area contributed by atoms with E-state index in [1.807, 2.05) is 0 Å². The van der Waals surface area contributed by atoms with Crippen molar-refractivity contribution in [1.82, 2.24) is 45.4 Å². The average Bonchev–Trinajstić information content (AvgIpc) is 3.69. The number of aromatic nitrogens is 7. The minimum absolute atomic E-state index is 0. The number of β-lactam (4-membered cyclic amide) rings is 1. The van der Waals surface area contributed by atoms with Crippen LogP contribution in [0.25, 0.3) is 11.4 Å². The molecule has 6 rings (SSSR count). The molecule has 1 fully saturated rings. The summed E-state index contributed by atoms with van der Waals surface area (Å²) in [5.41, 5.74) is 4.96. The maximum atomic E-state index is 13.4. The normalized spacial score (nSPS) is 17.3. The molecule has 0 radical (unpaired) electrons. The van der Waals surface area contributed by atoms with Gasteiger partial charge in [-0.15, -0.1) is 28.2 Å². The summed E-state index contributed by atoms with van der Waals surface area (Å²) in [6.07, 6.45) is 0.917. The number of phenolic OH excluding ortho intramolecular Hbond substituents is 2. The Kier molecular flexibility index (Phi) is 10.00. The molecule has 23 heteroatoms. The number of carboxylic acids is 1. The summed E-state index contributed by atoms with van der Waals surface area (Å²) >= 11 is 2.22. The second-order valence-electron chi connectivity index (χ2n) is 9.81. The van der Waals surface area contributed by atoms with Gasteiger partial charge in [0.05, 0.1) is 12.7 Å². The Morgan fingerprint density at radius 2 is 2.00 bits per heavy atom. The Bertz CT molecular complexity index is 2050. The van der Waals surface area contributed by atoms with Gasteiger partial charge in [-0.25, -0.2) is 19.4 Å². The fourth-order valence-electron chi connectivity index (χ4n) is 4.63. The van der Waals surface area contributed by atoms with Crippen molar-refractivity contribution in [1.29, 1.82) is 0 Å².